The van der Waals surface area contributed by atoms with E-state index in [0.29, 0.717) is 32.1 Å². The highest BCUT2D eigenvalue weighted by atomic mass is 32.2. The molecule has 1 saturated heterocycles. The molecule has 1 saturated carbocycles. The molecule has 106 valence electrons. The fourth-order valence-electron chi connectivity index (χ4n) is 3.19. The van der Waals surface area contributed by atoms with Gasteiger partial charge in [0.2, 0.25) is 0 Å². The Morgan fingerprint density at radius 1 is 1.11 bits per heavy atom. The lowest BCUT2D eigenvalue weighted by Gasteiger charge is -2.33. The van der Waals surface area contributed by atoms with Crippen LogP contribution in [0.1, 0.15) is 45.4 Å². The normalized spacial score (nSPS) is 31.4. The molecular formula is C13H25NO3S. The molecule has 1 aliphatic heterocycles. The zero-order chi connectivity index (χ0) is 13.0. The van der Waals surface area contributed by atoms with Gasteiger partial charge in [0.05, 0.1) is 10.5 Å². The first-order chi connectivity index (χ1) is 8.64. The Hall–Kier alpha value is -0.130. The highest BCUT2D eigenvalue weighted by Crippen LogP contribution is 2.30. The van der Waals surface area contributed by atoms with Crippen LogP contribution in [0.15, 0.2) is 0 Å². The van der Waals surface area contributed by atoms with Gasteiger partial charge in [-0.25, -0.2) is 8.42 Å². The Labute approximate surface area is 110 Å². The molecule has 0 aromatic heterocycles. The van der Waals surface area contributed by atoms with Crippen molar-refractivity contribution in [2.24, 2.45) is 0 Å². The van der Waals surface area contributed by atoms with Crippen LogP contribution in [-0.4, -0.2) is 44.7 Å². The molecule has 0 spiro atoms. The lowest BCUT2D eigenvalue weighted by molar-refractivity contribution is 0.0980. The molecule has 2 fully saturated rings. The second-order valence-electron chi connectivity index (χ2n) is 5.44. The van der Waals surface area contributed by atoms with Gasteiger partial charge in [-0.05, 0) is 38.6 Å². The first-order valence-electron chi connectivity index (χ1n) is 7.18. The summed E-state index contributed by atoms with van der Waals surface area (Å²) in [6.07, 6.45) is 5.17. The number of ether oxygens (including phenoxy) is 1. The molecule has 2 rings (SSSR count). The number of rotatable bonds is 4. The van der Waals surface area contributed by atoms with Crippen molar-refractivity contribution in [3.05, 3.63) is 0 Å². The Kier molecular flexibility index (Phi) is 5.04. The minimum absolute atomic E-state index is 0.126. The predicted molar refractivity (Wildman–Crippen MR) is 72.5 cm³/mol. The maximum atomic E-state index is 12.6. The summed E-state index contributed by atoms with van der Waals surface area (Å²) >= 11 is 0. The summed E-state index contributed by atoms with van der Waals surface area (Å²) in [6, 6.07) is 0.392. The van der Waals surface area contributed by atoms with Gasteiger partial charge in [-0.2, -0.15) is 0 Å². The van der Waals surface area contributed by atoms with Gasteiger partial charge < -0.3 is 10.1 Å². The number of hydrogen-bond donors (Lipinski definition) is 1. The van der Waals surface area contributed by atoms with E-state index in [2.05, 4.69) is 12.2 Å². The van der Waals surface area contributed by atoms with Gasteiger partial charge in [0.25, 0.3) is 0 Å². The molecule has 4 nitrogen and oxygen atoms in total. The maximum Gasteiger partial charge on any atom is 0.156 e. The molecule has 1 heterocycles. The number of hydrogen-bond acceptors (Lipinski definition) is 4. The van der Waals surface area contributed by atoms with Crippen LogP contribution < -0.4 is 5.32 Å². The smallest absolute Gasteiger partial charge is 0.156 e. The van der Waals surface area contributed by atoms with Crippen LogP contribution in [0.5, 0.6) is 0 Å². The van der Waals surface area contributed by atoms with Crippen LogP contribution in [0.4, 0.5) is 0 Å². The number of nitrogens with one attached hydrogen (secondary N) is 1. The lowest BCUT2D eigenvalue weighted by Crippen LogP contribution is -2.43. The minimum Gasteiger partial charge on any atom is -0.381 e. The molecular weight excluding hydrogens is 250 g/mol. The van der Waals surface area contributed by atoms with Crippen LogP contribution in [-0.2, 0) is 14.6 Å². The Balaban J connectivity index is 1.99. The lowest BCUT2D eigenvalue weighted by atomic mass is 9.95. The van der Waals surface area contributed by atoms with Crippen molar-refractivity contribution >= 4 is 9.84 Å². The van der Waals surface area contributed by atoms with Gasteiger partial charge in [-0.1, -0.05) is 13.3 Å². The second kappa shape index (κ2) is 6.35. The summed E-state index contributed by atoms with van der Waals surface area (Å²) in [6.45, 7) is 4.21. The maximum absolute atomic E-state index is 12.6. The van der Waals surface area contributed by atoms with Crippen molar-refractivity contribution in [2.75, 3.05) is 19.8 Å². The van der Waals surface area contributed by atoms with Gasteiger partial charge in [0, 0.05) is 19.3 Å². The fraction of sp³-hybridized carbons (Fsp3) is 1.00. The molecule has 0 aromatic carbocycles. The average Bonchev–Trinajstić information content (AvgIpc) is 2.40. The van der Waals surface area contributed by atoms with E-state index in [1.54, 1.807) is 0 Å². The zero-order valence-corrected chi connectivity index (χ0v) is 12.0. The van der Waals surface area contributed by atoms with E-state index >= 15 is 0 Å². The second-order valence-corrected chi connectivity index (χ2v) is 7.96. The molecule has 1 N–H and O–H groups in total. The highest BCUT2D eigenvalue weighted by molar-refractivity contribution is 7.92. The first kappa shape index (κ1) is 14.3. The topological polar surface area (TPSA) is 55.4 Å². The third kappa shape index (κ3) is 3.25. The predicted octanol–water partition coefficient (Wildman–Crippen LogP) is 1.50. The van der Waals surface area contributed by atoms with Crippen LogP contribution in [0, 0.1) is 0 Å². The van der Waals surface area contributed by atoms with Crippen molar-refractivity contribution in [3.63, 3.8) is 0 Å². The van der Waals surface area contributed by atoms with Crippen molar-refractivity contribution in [1.82, 2.24) is 5.32 Å². The Morgan fingerprint density at radius 3 is 2.50 bits per heavy atom. The Morgan fingerprint density at radius 2 is 1.83 bits per heavy atom. The van der Waals surface area contributed by atoms with Gasteiger partial charge in [-0.3, -0.25) is 0 Å². The fourth-order valence-corrected chi connectivity index (χ4v) is 5.58. The van der Waals surface area contributed by atoms with E-state index in [4.69, 9.17) is 4.74 Å². The summed E-state index contributed by atoms with van der Waals surface area (Å²) in [7, 11) is -2.96. The van der Waals surface area contributed by atoms with E-state index in [9.17, 15) is 8.42 Å². The summed E-state index contributed by atoms with van der Waals surface area (Å²) in [5.41, 5.74) is 0. The molecule has 1 aliphatic carbocycles. The van der Waals surface area contributed by atoms with Gasteiger partial charge in [-0.15, -0.1) is 0 Å². The molecule has 2 unspecified atom stereocenters. The van der Waals surface area contributed by atoms with E-state index in [-0.39, 0.29) is 10.5 Å². The molecule has 5 heteroatoms. The van der Waals surface area contributed by atoms with E-state index < -0.39 is 9.84 Å². The largest absolute Gasteiger partial charge is 0.381 e. The molecule has 18 heavy (non-hydrogen) atoms. The molecule has 0 bridgehead atoms. The summed E-state index contributed by atoms with van der Waals surface area (Å²) in [5.74, 6) is 0. The van der Waals surface area contributed by atoms with Crippen LogP contribution in [0.3, 0.4) is 0 Å². The van der Waals surface area contributed by atoms with Crippen molar-refractivity contribution < 1.29 is 13.2 Å². The van der Waals surface area contributed by atoms with E-state index in [0.717, 1.165) is 32.2 Å². The molecule has 0 aromatic rings. The molecule has 0 radical (unpaired) electrons. The molecule has 0 amide bonds. The van der Waals surface area contributed by atoms with Crippen molar-refractivity contribution in [3.8, 4) is 0 Å². The highest BCUT2D eigenvalue weighted by Gasteiger charge is 2.37. The third-order valence-electron chi connectivity index (χ3n) is 4.22. The van der Waals surface area contributed by atoms with E-state index in [1.807, 2.05) is 0 Å². The summed E-state index contributed by atoms with van der Waals surface area (Å²) < 4.78 is 30.5. The van der Waals surface area contributed by atoms with Gasteiger partial charge in [0.1, 0.15) is 0 Å². The standard InChI is InChI=1S/C13H25NO3S/c1-2-14-11-4-3-5-13(10-11)18(15,16)12-6-8-17-9-7-12/h11-14H,2-10H2,1H3. The first-order valence-corrected chi connectivity index (χ1v) is 8.79. The van der Waals surface area contributed by atoms with Crippen LogP contribution >= 0.6 is 0 Å². The SMILES string of the molecule is CCNC1CCCC(S(=O)(=O)C2CCOCC2)C1. The average molecular weight is 275 g/mol. The monoisotopic (exact) mass is 275 g/mol. The van der Waals surface area contributed by atoms with Gasteiger partial charge in [0.15, 0.2) is 9.84 Å². The minimum atomic E-state index is -2.96. The van der Waals surface area contributed by atoms with Gasteiger partial charge >= 0.3 is 0 Å². The zero-order valence-electron chi connectivity index (χ0n) is 11.2. The Bertz CT molecular complexity index is 347. The van der Waals surface area contributed by atoms with E-state index in [1.165, 1.54) is 0 Å². The molecule has 2 aliphatic rings. The van der Waals surface area contributed by atoms with Crippen molar-refractivity contribution in [2.45, 2.75) is 62.0 Å². The van der Waals surface area contributed by atoms with Crippen LogP contribution in [0.25, 0.3) is 0 Å². The third-order valence-corrected chi connectivity index (χ3v) is 6.97. The number of sulfone groups is 1. The van der Waals surface area contributed by atoms with Crippen molar-refractivity contribution in [1.29, 1.82) is 0 Å². The molecule has 2 atom stereocenters. The quantitative estimate of drug-likeness (QED) is 0.845. The van der Waals surface area contributed by atoms with Crippen LogP contribution in [0.2, 0.25) is 0 Å². The summed E-state index contributed by atoms with van der Waals surface area (Å²) in [5, 5.41) is 3.12. The summed E-state index contributed by atoms with van der Waals surface area (Å²) in [4.78, 5) is 0.